The average molecular weight is 336 g/mol. The van der Waals surface area contributed by atoms with Crippen molar-refractivity contribution in [2.24, 2.45) is 5.73 Å². The summed E-state index contributed by atoms with van der Waals surface area (Å²) in [5.41, 5.74) is 6.66. The molecule has 0 aliphatic rings. The van der Waals surface area contributed by atoms with Gasteiger partial charge in [0.15, 0.2) is 0 Å². The molecule has 0 radical (unpaired) electrons. The highest BCUT2D eigenvalue weighted by Crippen LogP contribution is 2.24. The third-order valence-electron chi connectivity index (χ3n) is 3.14. The SMILES string of the molecule is Cc1ccc(NC(=O)CN)cc1NC(=O)c1c(F)cccc1Cl. The number of rotatable bonds is 4. The summed E-state index contributed by atoms with van der Waals surface area (Å²) in [4.78, 5) is 23.6. The summed E-state index contributed by atoms with van der Waals surface area (Å²) in [6.45, 7) is 1.62. The van der Waals surface area contributed by atoms with Crippen molar-refractivity contribution in [1.29, 1.82) is 0 Å². The Balaban J connectivity index is 2.27. The number of hydrogen-bond acceptors (Lipinski definition) is 3. The molecule has 4 N–H and O–H groups in total. The van der Waals surface area contributed by atoms with Crippen LogP contribution < -0.4 is 16.4 Å². The van der Waals surface area contributed by atoms with E-state index in [1.54, 1.807) is 25.1 Å². The highest BCUT2D eigenvalue weighted by Gasteiger charge is 2.16. The van der Waals surface area contributed by atoms with Crippen LogP contribution in [0.2, 0.25) is 5.02 Å². The third-order valence-corrected chi connectivity index (χ3v) is 3.46. The van der Waals surface area contributed by atoms with Gasteiger partial charge in [-0.25, -0.2) is 4.39 Å². The number of aryl methyl sites for hydroxylation is 1. The van der Waals surface area contributed by atoms with Gasteiger partial charge in [-0.05, 0) is 36.8 Å². The molecule has 2 amide bonds. The van der Waals surface area contributed by atoms with E-state index in [1.165, 1.54) is 12.1 Å². The number of carbonyl (C=O) groups is 2. The first-order valence-corrected chi connectivity index (χ1v) is 7.16. The molecule has 0 aliphatic heterocycles. The summed E-state index contributed by atoms with van der Waals surface area (Å²) in [5, 5.41) is 5.19. The van der Waals surface area contributed by atoms with Gasteiger partial charge >= 0.3 is 0 Å². The van der Waals surface area contributed by atoms with Gasteiger partial charge in [-0.2, -0.15) is 0 Å². The van der Waals surface area contributed by atoms with E-state index >= 15 is 0 Å². The van der Waals surface area contributed by atoms with Crippen molar-refractivity contribution in [2.45, 2.75) is 6.92 Å². The lowest BCUT2D eigenvalue weighted by molar-refractivity contribution is -0.114. The lowest BCUT2D eigenvalue weighted by Gasteiger charge is -2.12. The first-order valence-electron chi connectivity index (χ1n) is 6.78. The Morgan fingerprint density at radius 3 is 2.61 bits per heavy atom. The number of benzene rings is 2. The maximum Gasteiger partial charge on any atom is 0.260 e. The molecule has 120 valence electrons. The van der Waals surface area contributed by atoms with Crippen LogP contribution in [0.15, 0.2) is 36.4 Å². The molecule has 23 heavy (non-hydrogen) atoms. The van der Waals surface area contributed by atoms with Crippen molar-refractivity contribution in [3.8, 4) is 0 Å². The molecule has 0 unspecified atom stereocenters. The predicted octanol–water partition coefficient (Wildman–Crippen LogP) is 2.94. The summed E-state index contributed by atoms with van der Waals surface area (Å²) in [7, 11) is 0. The van der Waals surface area contributed by atoms with Gasteiger partial charge in [-0.1, -0.05) is 23.7 Å². The Labute approximate surface area is 137 Å². The minimum Gasteiger partial charge on any atom is -0.325 e. The number of anilines is 2. The van der Waals surface area contributed by atoms with Gasteiger partial charge in [0, 0.05) is 11.4 Å². The molecule has 0 fully saturated rings. The van der Waals surface area contributed by atoms with Gasteiger partial charge in [0.1, 0.15) is 5.82 Å². The summed E-state index contributed by atoms with van der Waals surface area (Å²) in [6.07, 6.45) is 0. The van der Waals surface area contributed by atoms with Crippen LogP contribution >= 0.6 is 11.6 Å². The highest BCUT2D eigenvalue weighted by molar-refractivity contribution is 6.34. The zero-order valence-corrected chi connectivity index (χ0v) is 13.1. The molecule has 0 saturated carbocycles. The van der Waals surface area contributed by atoms with Crippen LogP contribution in [0.5, 0.6) is 0 Å². The van der Waals surface area contributed by atoms with Gasteiger partial charge < -0.3 is 16.4 Å². The van der Waals surface area contributed by atoms with Crippen LogP contribution in [0.25, 0.3) is 0 Å². The normalized spacial score (nSPS) is 10.3. The minimum absolute atomic E-state index is 0.0211. The van der Waals surface area contributed by atoms with Crippen molar-refractivity contribution >= 4 is 34.8 Å². The molecule has 0 aromatic heterocycles. The van der Waals surface area contributed by atoms with E-state index in [-0.39, 0.29) is 23.0 Å². The third kappa shape index (κ3) is 4.06. The fourth-order valence-corrected chi connectivity index (χ4v) is 2.19. The number of carbonyl (C=O) groups excluding carboxylic acids is 2. The second-order valence-corrected chi connectivity index (χ2v) is 5.24. The molecule has 5 nitrogen and oxygen atoms in total. The lowest BCUT2D eigenvalue weighted by atomic mass is 10.1. The fourth-order valence-electron chi connectivity index (χ4n) is 1.95. The standard InChI is InChI=1S/C16H15ClFN3O2/c1-9-5-6-10(20-14(22)8-19)7-13(9)21-16(23)15-11(17)3-2-4-12(15)18/h2-7H,8,19H2,1H3,(H,20,22)(H,21,23). The zero-order valence-electron chi connectivity index (χ0n) is 12.3. The molecular weight excluding hydrogens is 321 g/mol. The van der Waals surface area contributed by atoms with Crippen molar-refractivity contribution in [3.05, 3.63) is 58.4 Å². The van der Waals surface area contributed by atoms with Crippen molar-refractivity contribution in [1.82, 2.24) is 0 Å². The molecule has 0 heterocycles. The number of amides is 2. The summed E-state index contributed by atoms with van der Waals surface area (Å²) < 4.78 is 13.8. The van der Waals surface area contributed by atoms with Gasteiger partial charge in [-0.15, -0.1) is 0 Å². The number of halogens is 2. The van der Waals surface area contributed by atoms with Gasteiger partial charge in [0.05, 0.1) is 17.1 Å². The van der Waals surface area contributed by atoms with E-state index in [9.17, 15) is 14.0 Å². The predicted molar refractivity (Wildman–Crippen MR) is 88.2 cm³/mol. The molecule has 2 aromatic rings. The zero-order chi connectivity index (χ0) is 17.0. The van der Waals surface area contributed by atoms with E-state index in [4.69, 9.17) is 17.3 Å². The van der Waals surface area contributed by atoms with Crippen LogP contribution in [0.1, 0.15) is 15.9 Å². The smallest absolute Gasteiger partial charge is 0.260 e. The van der Waals surface area contributed by atoms with E-state index in [0.29, 0.717) is 11.4 Å². The number of hydrogen-bond donors (Lipinski definition) is 3. The topological polar surface area (TPSA) is 84.2 Å². The average Bonchev–Trinajstić information content (AvgIpc) is 2.50. The van der Waals surface area contributed by atoms with Crippen LogP contribution in [0, 0.1) is 12.7 Å². The van der Waals surface area contributed by atoms with Crippen molar-refractivity contribution in [3.63, 3.8) is 0 Å². The Morgan fingerprint density at radius 1 is 1.22 bits per heavy atom. The molecule has 2 rings (SSSR count). The van der Waals surface area contributed by atoms with Gasteiger partial charge in [0.25, 0.3) is 5.91 Å². The molecule has 0 saturated heterocycles. The van der Waals surface area contributed by atoms with Gasteiger partial charge in [0.2, 0.25) is 5.91 Å². The highest BCUT2D eigenvalue weighted by atomic mass is 35.5. The van der Waals surface area contributed by atoms with Crippen LogP contribution in [0.3, 0.4) is 0 Å². The molecule has 0 atom stereocenters. The molecule has 2 aromatic carbocycles. The van der Waals surface area contributed by atoms with Crippen molar-refractivity contribution in [2.75, 3.05) is 17.2 Å². The van der Waals surface area contributed by atoms with E-state index < -0.39 is 11.7 Å². The maximum absolute atomic E-state index is 13.8. The maximum atomic E-state index is 13.8. The first kappa shape index (κ1) is 16.9. The lowest BCUT2D eigenvalue weighted by Crippen LogP contribution is -2.22. The summed E-state index contributed by atoms with van der Waals surface area (Å²) >= 11 is 5.88. The van der Waals surface area contributed by atoms with Crippen LogP contribution in [0.4, 0.5) is 15.8 Å². The Morgan fingerprint density at radius 2 is 1.96 bits per heavy atom. The summed E-state index contributed by atoms with van der Waals surface area (Å²) in [5.74, 6) is -1.73. The largest absolute Gasteiger partial charge is 0.325 e. The van der Waals surface area contributed by atoms with Crippen LogP contribution in [-0.4, -0.2) is 18.4 Å². The second kappa shape index (κ2) is 7.21. The summed E-state index contributed by atoms with van der Waals surface area (Å²) in [6, 6.07) is 8.97. The molecule has 0 aliphatic carbocycles. The number of nitrogens with two attached hydrogens (primary N) is 1. The molecule has 0 bridgehead atoms. The van der Waals surface area contributed by atoms with E-state index in [2.05, 4.69) is 10.6 Å². The monoisotopic (exact) mass is 335 g/mol. The van der Waals surface area contributed by atoms with Crippen molar-refractivity contribution < 1.29 is 14.0 Å². The van der Waals surface area contributed by atoms with E-state index in [1.807, 2.05) is 0 Å². The Bertz CT molecular complexity index is 745. The molecule has 0 spiro atoms. The van der Waals surface area contributed by atoms with Gasteiger partial charge in [-0.3, -0.25) is 9.59 Å². The first-order chi connectivity index (χ1) is 10.9. The quantitative estimate of drug-likeness (QED) is 0.803. The molecular formula is C16H15ClFN3O2. The molecule has 7 heteroatoms. The number of nitrogens with one attached hydrogen (secondary N) is 2. The Hall–Kier alpha value is -2.44. The Kier molecular flexibility index (Phi) is 5.31. The second-order valence-electron chi connectivity index (χ2n) is 4.83. The fraction of sp³-hybridized carbons (Fsp3) is 0.125. The minimum atomic E-state index is -0.708. The van der Waals surface area contributed by atoms with Crippen LogP contribution in [-0.2, 0) is 4.79 Å². The van der Waals surface area contributed by atoms with E-state index in [0.717, 1.165) is 11.6 Å².